The average Bonchev–Trinajstić information content (AvgIpc) is 3.03. The molecule has 4 aromatic rings. The lowest BCUT2D eigenvalue weighted by Crippen LogP contribution is -1.88. The third-order valence-electron chi connectivity index (χ3n) is 2.86. The van der Waals surface area contributed by atoms with Crippen molar-refractivity contribution in [2.45, 2.75) is 0 Å². The maximum Gasteiger partial charge on any atom is 0.188 e. The number of fused-ring (bicyclic) bond motifs is 2. The fourth-order valence-electron chi connectivity index (χ4n) is 1.97. The zero-order chi connectivity index (χ0) is 12.7. The maximum atomic E-state index is 4.54. The van der Waals surface area contributed by atoms with Gasteiger partial charge in [0.2, 0.25) is 0 Å². The molecule has 5 nitrogen and oxygen atoms in total. The lowest BCUT2D eigenvalue weighted by atomic mass is 10.3. The zero-order valence-corrected chi connectivity index (χ0v) is 10.6. The Bertz CT molecular complexity index is 830. The Labute approximate surface area is 112 Å². The van der Waals surface area contributed by atoms with Crippen molar-refractivity contribution in [3.05, 3.63) is 42.5 Å². The van der Waals surface area contributed by atoms with Crippen molar-refractivity contribution < 1.29 is 0 Å². The summed E-state index contributed by atoms with van der Waals surface area (Å²) in [6, 6.07) is 13.9. The Balaban J connectivity index is 1.72. The number of H-pyrrole nitrogens is 1. The van der Waals surface area contributed by atoms with Crippen LogP contribution < -0.4 is 5.32 Å². The number of nitrogens with zero attached hydrogens (tertiary/aromatic N) is 3. The molecule has 0 fully saturated rings. The molecule has 2 aromatic carbocycles. The Morgan fingerprint density at radius 2 is 1.84 bits per heavy atom. The minimum Gasteiger partial charge on any atom is -0.331 e. The minimum absolute atomic E-state index is 0.839. The van der Waals surface area contributed by atoms with E-state index >= 15 is 0 Å². The molecule has 0 saturated heterocycles. The molecule has 0 saturated carbocycles. The molecular formula is C13H9N5S. The molecule has 0 spiro atoms. The quantitative estimate of drug-likeness (QED) is 0.584. The second-order valence-corrected chi connectivity index (χ2v) is 5.17. The van der Waals surface area contributed by atoms with Crippen LogP contribution in [0, 0.1) is 0 Å². The van der Waals surface area contributed by atoms with E-state index in [4.69, 9.17) is 0 Å². The van der Waals surface area contributed by atoms with E-state index in [1.54, 1.807) is 11.3 Å². The third kappa shape index (κ3) is 1.82. The van der Waals surface area contributed by atoms with Crippen molar-refractivity contribution in [2.75, 3.05) is 5.32 Å². The summed E-state index contributed by atoms with van der Waals surface area (Å²) in [7, 11) is 0. The van der Waals surface area contributed by atoms with Crippen molar-refractivity contribution in [1.29, 1.82) is 0 Å². The van der Waals surface area contributed by atoms with Crippen LogP contribution in [-0.2, 0) is 0 Å². The summed E-state index contributed by atoms with van der Waals surface area (Å²) >= 11 is 1.63. The van der Waals surface area contributed by atoms with Crippen LogP contribution >= 0.6 is 11.3 Å². The van der Waals surface area contributed by atoms with Crippen LogP contribution in [-0.4, -0.2) is 20.4 Å². The molecule has 0 bridgehead atoms. The van der Waals surface area contributed by atoms with Gasteiger partial charge in [0.25, 0.3) is 0 Å². The number of rotatable bonds is 2. The van der Waals surface area contributed by atoms with Crippen LogP contribution in [0.15, 0.2) is 42.5 Å². The van der Waals surface area contributed by atoms with Crippen molar-refractivity contribution in [3.8, 4) is 0 Å². The summed E-state index contributed by atoms with van der Waals surface area (Å²) in [5.41, 5.74) is 3.67. The first-order chi connectivity index (χ1) is 9.38. The SMILES string of the molecule is c1ccc2sc(Nc3ccc4n[nH]nc4c3)nc2c1. The van der Waals surface area contributed by atoms with Crippen molar-refractivity contribution >= 4 is 43.4 Å². The van der Waals surface area contributed by atoms with Crippen LogP contribution in [0.4, 0.5) is 10.8 Å². The Kier molecular flexibility index (Phi) is 2.22. The predicted molar refractivity (Wildman–Crippen MR) is 76.8 cm³/mol. The molecule has 0 aliphatic heterocycles. The van der Waals surface area contributed by atoms with E-state index in [1.165, 1.54) is 4.70 Å². The lowest BCUT2D eigenvalue weighted by molar-refractivity contribution is 0.959. The van der Waals surface area contributed by atoms with E-state index in [2.05, 4.69) is 31.8 Å². The number of aromatic amines is 1. The Morgan fingerprint density at radius 3 is 2.79 bits per heavy atom. The number of nitrogens with one attached hydrogen (secondary N) is 2. The molecule has 2 heterocycles. The van der Waals surface area contributed by atoms with Gasteiger partial charge in [0, 0.05) is 5.69 Å². The van der Waals surface area contributed by atoms with E-state index in [0.717, 1.165) is 27.4 Å². The highest BCUT2D eigenvalue weighted by Crippen LogP contribution is 2.28. The summed E-state index contributed by atoms with van der Waals surface area (Å²) in [6.07, 6.45) is 0. The second kappa shape index (κ2) is 4.03. The standard InChI is InChI=1S/C13H9N5S/c1-2-4-12-10(3-1)15-13(19-12)14-8-5-6-9-11(7-8)17-18-16-9/h1-7H,(H,14,15)(H,16,17,18). The number of thiazole rings is 1. The molecular weight excluding hydrogens is 258 g/mol. The number of aromatic nitrogens is 4. The van der Waals surface area contributed by atoms with E-state index in [1.807, 2.05) is 36.4 Å². The first kappa shape index (κ1) is 10.5. The topological polar surface area (TPSA) is 66.5 Å². The van der Waals surface area contributed by atoms with Gasteiger partial charge in [-0.2, -0.15) is 15.4 Å². The van der Waals surface area contributed by atoms with Crippen LogP contribution in [0.3, 0.4) is 0 Å². The zero-order valence-electron chi connectivity index (χ0n) is 9.79. The van der Waals surface area contributed by atoms with E-state index < -0.39 is 0 Å². The van der Waals surface area contributed by atoms with Gasteiger partial charge in [-0.25, -0.2) is 4.98 Å². The van der Waals surface area contributed by atoms with Gasteiger partial charge in [0.05, 0.1) is 10.2 Å². The van der Waals surface area contributed by atoms with Gasteiger partial charge in [-0.3, -0.25) is 0 Å². The molecule has 0 atom stereocenters. The first-order valence-electron chi connectivity index (χ1n) is 5.82. The molecule has 0 radical (unpaired) electrons. The van der Waals surface area contributed by atoms with E-state index in [9.17, 15) is 0 Å². The van der Waals surface area contributed by atoms with Crippen LogP contribution in [0.25, 0.3) is 21.3 Å². The van der Waals surface area contributed by atoms with Gasteiger partial charge in [0.1, 0.15) is 11.0 Å². The van der Waals surface area contributed by atoms with Gasteiger partial charge in [-0.05, 0) is 30.3 Å². The summed E-state index contributed by atoms with van der Waals surface area (Å²) in [6.45, 7) is 0. The fraction of sp³-hybridized carbons (Fsp3) is 0. The van der Waals surface area contributed by atoms with Gasteiger partial charge in [0.15, 0.2) is 5.13 Å². The summed E-state index contributed by atoms with van der Waals surface area (Å²) < 4.78 is 1.17. The molecule has 2 aromatic heterocycles. The highest BCUT2D eigenvalue weighted by atomic mass is 32.1. The number of hydrogen-bond acceptors (Lipinski definition) is 5. The minimum atomic E-state index is 0.839. The average molecular weight is 267 g/mol. The number of hydrogen-bond donors (Lipinski definition) is 2. The molecule has 19 heavy (non-hydrogen) atoms. The van der Waals surface area contributed by atoms with Gasteiger partial charge < -0.3 is 5.32 Å². The van der Waals surface area contributed by atoms with Crippen LogP contribution in [0.2, 0.25) is 0 Å². The maximum absolute atomic E-state index is 4.54. The van der Waals surface area contributed by atoms with E-state index in [0.29, 0.717) is 0 Å². The lowest BCUT2D eigenvalue weighted by Gasteiger charge is -2.00. The molecule has 0 unspecified atom stereocenters. The molecule has 0 aliphatic carbocycles. The summed E-state index contributed by atoms with van der Waals surface area (Å²) in [4.78, 5) is 4.54. The number of benzene rings is 2. The van der Waals surface area contributed by atoms with Gasteiger partial charge >= 0.3 is 0 Å². The second-order valence-electron chi connectivity index (χ2n) is 4.14. The largest absolute Gasteiger partial charge is 0.331 e. The van der Waals surface area contributed by atoms with E-state index in [-0.39, 0.29) is 0 Å². The van der Waals surface area contributed by atoms with Gasteiger partial charge in [-0.1, -0.05) is 23.5 Å². The summed E-state index contributed by atoms with van der Waals surface area (Å²) in [5, 5.41) is 14.9. The van der Waals surface area contributed by atoms with Crippen molar-refractivity contribution in [1.82, 2.24) is 20.4 Å². The fourth-order valence-corrected chi connectivity index (χ4v) is 2.85. The first-order valence-corrected chi connectivity index (χ1v) is 6.63. The third-order valence-corrected chi connectivity index (χ3v) is 3.81. The Morgan fingerprint density at radius 1 is 0.947 bits per heavy atom. The molecule has 2 N–H and O–H groups in total. The normalized spacial score (nSPS) is 11.2. The Hall–Kier alpha value is -2.47. The molecule has 0 aliphatic rings. The van der Waals surface area contributed by atoms with Crippen LogP contribution in [0.1, 0.15) is 0 Å². The highest BCUT2D eigenvalue weighted by molar-refractivity contribution is 7.22. The van der Waals surface area contributed by atoms with Crippen molar-refractivity contribution in [2.24, 2.45) is 0 Å². The number of anilines is 2. The predicted octanol–water partition coefficient (Wildman–Crippen LogP) is 3.31. The smallest absolute Gasteiger partial charge is 0.188 e. The van der Waals surface area contributed by atoms with Crippen molar-refractivity contribution in [3.63, 3.8) is 0 Å². The molecule has 4 rings (SSSR count). The molecule has 0 amide bonds. The van der Waals surface area contributed by atoms with Gasteiger partial charge in [-0.15, -0.1) is 0 Å². The molecule has 6 heteroatoms. The number of para-hydroxylation sites is 1. The van der Waals surface area contributed by atoms with Crippen LogP contribution in [0.5, 0.6) is 0 Å². The monoisotopic (exact) mass is 267 g/mol. The molecule has 92 valence electrons. The highest BCUT2D eigenvalue weighted by Gasteiger charge is 2.04. The summed E-state index contributed by atoms with van der Waals surface area (Å²) in [5.74, 6) is 0.